The molecule has 3 N–H and O–H groups in total. The third-order valence-corrected chi connectivity index (χ3v) is 3.71. The molecular weight excluding hydrogens is 234 g/mol. The van der Waals surface area contributed by atoms with Crippen molar-refractivity contribution < 1.29 is 0 Å². The van der Waals surface area contributed by atoms with Crippen LogP contribution in [0.25, 0.3) is 10.8 Å². The van der Waals surface area contributed by atoms with Crippen molar-refractivity contribution >= 4 is 17.2 Å². The van der Waals surface area contributed by atoms with Crippen molar-refractivity contribution in [1.29, 1.82) is 0 Å². The number of thiazole rings is 1. The van der Waals surface area contributed by atoms with Crippen molar-refractivity contribution in [2.24, 2.45) is 5.84 Å². The summed E-state index contributed by atoms with van der Waals surface area (Å²) in [5.74, 6) is 6.96. The van der Waals surface area contributed by atoms with E-state index in [1.54, 1.807) is 17.5 Å². The van der Waals surface area contributed by atoms with Gasteiger partial charge in [-0.25, -0.2) is 20.8 Å². The van der Waals surface area contributed by atoms with E-state index < -0.39 is 0 Å². The van der Waals surface area contributed by atoms with Gasteiger partial charge in [0.25, 0.3) is 0 Å². The third-order valence-electron chi connectivity index (χ3n) is 2.94. The summed E-state index contributed by atoms with van der Waals surface area (Å²) in [6.07, 6.45) is 6.14. The average Bonchev–Trinajstić information content (AvgIpc) is 2.91. The number of anilines is 1. The van der Waals surface area contributed by atoms with Gasteiger partial charge in [-0.05, 0) is 25.7 Å². The molecule has 0 unspecified atom stereocenters. The Kier molecular flexibility index (Phi) is 2.74. The normalized spacial score (nSPS) is 14.4. The Morgan fingerprint density at radius 3 is 2.88 bits per heavy atom. The van der Waals surface area contributed by atoms with E-state index in [4.69, 9.17) is 5.84 Å². The van der Waals surface area contributed by atoms with Crippen LogP contribution in [0.1, 0.15) is 24.1 Å². The molecule has 17 heavy (non-hydrogen) atoms. The van der Waals surface area contributed by atoms with Crippen LogP contribution in [-0.4, -0.2) is 15.0 Å². The van der Waals surface area contributed by atoms with Crippen LogP contribution in [0.4, 0.5) is 5.82 Å². The molecule has 6 heteroatoms. The maximum atomic E-state index is 5.54. The lowest BCUT2D eigenvalue weighted by Gasteiger charge is -2.17. The zero-order valence-electron chi connectivity index (χ0n) is 9.31. The molecule has 88 valence electrons. The van der Waals surface area contributed by atoms with Crippen LogP contribution in [0.2, 0.25) is 0 Å². The zero-order valence-corrected chi connectivity index (χ0v) is 10.1. The van der Waals surface area contributed by atoms with Crippen molar-refractivity contribution in [2.45, 2.75) is 25.7 Å². The first-order chi connectivity index (χ1) is 8.38. The molecule has 2 aromatic rings. The second-order valence-electron chi connectivity index (χ2n) is 4.01. The molecule has 0 amide bonds. The van der Waals surface area contributed by atoms with Crippen LogP contribution in [-0.2, 0) is 12.8 Å². The smallest absolute Gasteiger partial charge is 0.190 e. The first kappa shape index (κ1) is 10.6. The fourth-order valence-electron chi connectivity index (χ4n) is 2.14. The Labute approximate surface area is 103 Å². The predicted molar refractivity (Wildman–Crippen MR) is 67.6 cm³/mol. The van der Waals surface area contributed by atoms with Gasteiger partial charge >= 0.3 is 0 Å². The number of hydrogen-bond acceptors (Lipinski definition) is 6. The van der Waals surface area contributed by atoms with Crippen LogP contribution >= 0.6 is 11.3 Å². The fraction of sp³-hybridized carbons (Fsp3) is 0.364. The predicted octanol–water partition coefficient (Wildman–Crippen LogP) is 1.76. The first-order valence-electron chi connectivity index (χ1n) is 5.65. The Bertz CT molecular complexity index is 506. The summed E-state index contributed by atoms with van der Waals surface area (Å²) in [5, 5.41) is 2.77. The molecule has 0 aliphatic heterocycles. The van der Waals surface area contributed by atoms with Gasteiger partial charge in [-0.15, -0.1) is 11.3 Å². The van der Waals surface area contributed by atoms with Gasteiger partial charge in [0.2, 0.25) is 0 Å². The molecule has 0 atom stereocenters. The number of nitrogens with one attached hydrogen (secondary N) is 1. The molecule has 1 aliphatic rings. The third kappa shape index (κ3) is 1.89. The molecule has 3 rings (SSSR count). The number of nitrogen functional groups attached to an aromatic ring is 1. The summed E-state index contributed by atoms with van der Waals surface area (Å²) < 4.78 is 0. The van der Waals surface area contributed by atoms with E-state index in [0.29, 0.717) is 5.82 Å². The Balaban J connectivity index is 2.12. The van der Waals surface area contributed by atoms with Crippen LogP contribution in [0, 0.1) is 0 Å². The van der Waals surface area contributed by atoms with Crippen molar-refractivity contribution in [3.05, 3.63) is 22.8 Å². The second-order valence-corrected chi connectivity index (χ2v) is 4.90. The van der Waals surface area contributed by atoms with Crippen LogP contribution in [0.3, 0.4) is 0 Å². The molecule has 0 spiro atoms. The van der Waals surface area contributed by atoms with Gasteiger partial charge in [0.1, 0.15) is 5.82 Å². The highest BCUT2D eigenvalue weighted by Crippen LogP contribution is 2.28. The largest absolute Gasteiger partial charge is 0.308 e. The molecule has 2 aromatic heterocycles. The molecule has 5 nitrogen and oxygen atoms in total. The molecule has 2 heterocycles. The van der Waals surface area contributed by atoms with Gasteiger partial charge in [0.05, 0.1) is 0 Å². The van der Waals surface area contributed by atoms with E-state index in [9.17, 15) is 0 Å². The van der Waals surface area contributed by atoms with Gasteiger partial charge in [-0.2, -0.15) is 0 Å². The van der Waals surface area contributed by atoms with Crippen LogP contribution in [0.15, 0.2) is 11.6 Å². The highest BCUT2D eigenvalue weighted by molar-refractivity contribution is 7.13. The molecular formula is C11H13N5S. The van der Waals surface area contributed by atoms with E-state index in [-0.39, 0.29) is 0 Å². The molecule has 1 aliphatic carbocycles. The molecule has 0 radical (unpaired) electrons. The SMILES string of the molecule is NNc1nc(-c2nccs2)nc2c1CCCC2. The number of fused-ring (bicyclic) bond motifs is 1. The van der Waals surface area contributed by atoms with E-state index in [1.165, 1.54) is 18.4 Å². The maximum absolute atomic E-state index is 5.54. The minimum atomic E-state index is 0.675. The summed E-state index contributed by atoms with van der Waals surface area (Å²) in [4.78, 5) is 13.3. The topological polar surface area (TPSA) is 76.7 Å². The van der Waals surface area contributed by atoms with Gasteiger partial charge in [-0.3, -0.25) is 0 Å². The summed E-state index contributed by atoms with van der Waals surface area (Å²) >= 11 is 1.54. The van der Waals surface area contributed by atoms with E-state index in [2.05, 4.69) is 20.4 Å². The number of hydrogen-bond donors (Lipinski definition) is 2. The van der Waals surface area contributed by atoms with Crippen LogP contribution < -0.4 is 11.3 Å². The summed E-state index contributed by atoms with van der Waals surface area (Å²) in [7, 11) is 0. The van der Waals surface area contributed by atoms with E-state index in [0.717, 1.165) is 29.4 Å². The molecule has 0 saturated carbocycles. The quantitative estimate of drug-likeness (QED) is 0.624. The number of nitrogens with zero attached hydrogens (tertiary/aromatic N) is 3. The lowest BCUT2D eigenvalue weighted by molar-refractivity contribution is 0.665. The zero-order chi connectivity index (χ0) is 11.7. The van der Waals surface area contributed by atoms with E-state index in [1.807, 2.05) is 5.38 Å². The second kappa shape index (κ2) is 4.38. The van der Waals surface area contributed by atoms with Crippen LogP contribution in [0.5, 0.6) is 0 Å². The average molecular weight is 247 g/mol. The highest BCUT2D eigenvalue weighted by Gasteiger charge is 2.18. The number of aryl methyl sites for hydroxylation is 1. The molecule has 0 aromatic carbocycles. The Hall–Kier alpha value is -1.53. The number of nitrogens with two attached hydrogens (primary N) is 1. The van der Waals surface area contributed by atoms with Crippen molar-refractivity contribution in [1.82, 2.24) is 15.0 Å². The van der Waals surface area contributed by atoms with Gasteiger partial charge in [-0.1, -0.05) is 0 Å². The minimum Gasteiger partial charge on any atom is -0.308 e. The van der Waals surface area contributed by atoms with Crippen molar-refractivity contribution in [3.8, 4) is 10.8 Å². The van der Waals surface area contributed by atoms with Crippen molar-refractivity contribution in [3.63, 3.8) is 0 Å². The summed E-state index contributed by atoms with van der Waals surface area (Å²) in [5.41, 5.74) is 4.96. The number of aromatic nitrogens is 3. The lowest BCUT2D eigenvalue weighted by Crippen LogP contribution is -2.17. The van der Waals surface area contributed by atoms with Gasteiger partial charge < -0.3 is 5.43 Å². The molecule has 0 saturated heterocycles. The fourth-order valence-corrected chi connectivity index (χ4v) is 2.71. The van der Waals surface area contributed by atoms with Gasteiger partial charge in [0, 0.05) is 22.8 Å². The van der Waals surface area contributed by atoms with E-state index >= 15 is 0 Å². The maximum Gasteiger partial charge on any atom is 0.190 e. The number of rotatable bonds is 2. The number of hydrazine groups is 1. The lowest BCUT2D eigenvalue weighted by atomic mass is 9.96. The molecule has 0 bridgehead atoms. The molecule has 0 fully saturated rings. The highest BCUT2D eigenvalue weighted by atomic mass is 32.1. The Morgan fingerprint density at radius 2 is 2.12 bits per heavy atom. The standard InChI is InChI=1S/C11H13N5S/c12-16-9-7-3-1-2-4-8(7)14-10(15-9)11-13-5-6-17-11/h5-6H,1-4,12H2,(H,14,15,16). The first-order valence-corrected chi connectivity index (χ1v) is 6.52. The summed E-state index contributed by atoms with van der Waals surface area (Å²) in [6, 6.07) is 0. The Morgan fingerprint density at radius 1 is 1.24 bits per heavy atom. The minimum absolute atomic E-state index is 0.675. The summed E-state index contributed by atoms with van der Waals surface area (Å²) in [6.45, 7) is 0. The van der Waals surface area contributed by atoms with Gasteiger partial charge in [0.15, 0.2) is 10.8 Å². The monoisotopic (exact) mass is 247 g/mol. The van der Waals surface area contributed by atoms with Crippen molar-refractivity contribution in [2.75, 3.05) is 5.43 Å².